The lowest BCUT2D eigenvalue weighted by atomic mass is 10.1. The number of anilines is 1. The summed E-state index contributed by atoms with van der Waals surface area (Å²) in [6.07, 6.45) is 0. The molecular weight excluding hydrogens is 268 g/mol. The predicted molar refractivity (Wildman–Crippen MR) is 82.8 cm³/mol. The van der Waals surface area contributed by atoms with Gasteiger partial charge in [-0.15, -0.1) is 0 Å². The number of nitrogens with zero attached hydrogens (tertiary/aromatic N) is 1. The summed E-state index contributed by atoms with van der Waals surface area (Å²) in [4.78, 5) is 10.9. The molecule has 1 heterocycles. The first kappa shape index (κ1) is 15.1. The van der Waals surface area contributed by atoms with Crippen LogP contribution in [-0.4, -0.2) is 4.92 Å². The average molecular weight is 288 g/mol. The zero-order chi connectivity index (χ0) is 15.7. The molecule has 1 aromatic carbocycles. The Labute approximate surface area is 124 Å². The van der Waals surface area contributed by atoms with E-state index in [1.807, 2.05) is 46.8 Å². The van der Waals surface area contributed by atoms with Crippen molar-refractivity contribution in [2.24, 2.45) is 0 Å². The Kier molecular flexibility index (Phi) is 4.02. The molecule has 1 atom stereocenters. The molecule has 0 saturated heterocycles. The highest BCUT2D eigenvalue weighted by Gasteiger charge is 2.19. The molecule has 5 nitrogen and oxygen atoms in total. The molecule has 21 heavy (non-hydrogen) atoms. The van der Waals surface area contributed by atoms with E-state index < -0.39 is 0 Å². The van der Waals surface area contributed by atoms with Crippen molar-refractivity contribution in [3.8, 4) is 0 Å². The van der Waals surface area contributed by atoms with E-state index in [4.69, 9.17) is 4.42 Å². The molecule has 0 fully saturated rings. The second-order valence-corrected chi connectivity index (χ2v) is 5.45. The van der Waals surface area contributed by atoms with E-state index in [9.17, 15) is 10.1 Å². The number of nitrogens with one attached hydrogen (secondary N) is 1. The number of nitro groups is 1. The van der Waals surface area contributed by atoms with Gasteiger partial charge in [-0.05, 0) is 57.9 Å². The second kappa shape index (κ2) is 5.60. The first-order valence-electron chi connectivity index (χ1n) is 6.88. The number of benzene rings is 1. The van der Waals surface area contributed by atoms with E-state index in [-0.39, 0.29) is 16.7 Å². The van der Waals surface area contributed by atoms with Crippen LogP contribution in [0.5, 0.6) is 0 Å². The highest BCUT2D eigenvalue weighted by molar-refractivity contribution is 5.65. The molecular formula is C16H20N2O3. The van der Waals surface area contributed by atoms with Crippen LogP contribution in [0.3, 0.4) is 0 Å². The SMILES string of the molecule is Cc1cc(C(C)Nc2cc(C)c(C)cc2[N+](=O)[O-])c(C)o1. The normalized spacial score (nSPS) is 12.2. The van der Waals surface area contributed by atoms with Crippen LogP contribution >= 0.6 is 0 Å². The van der Waals surface area contributed by atoms with Crippen molar-refractivity contribution in [3.05, 3.63) is 56.5 Å². The smallest absolute Gasteiger partial charge is 0.292 e. The van der Waals surface area contributed by atoms with E-state index >= 15 is 0 Å². The van der Waals surface area contributed by atoms with Gasteiger partial charge >= 0.3 is 0 Å². The third-order valence-corrected chi connectivity index (χ3v) is 3.73. The molecule has 0 amide bonds. The molecule has 2 aromatic rings. The lowest BCUT2D eigenvalue weighted by Crippen LogP contribution is -2.09. The van der Waals surface area contributed by atoms with Crippen molar-refractivity contribution in [3.63, 3.8) is 0 Å². The number of hydrogen-bond acceptors (Lipinski definition) is 4. The fourth-order valence-corrected chi connectivity index (χ4v) is 2.46. The van der Waals surface area contributed by atoms with Crippen LogP contribution < -0.4 is 5.32 Å². The number of rotatable bonds is 4. The summed E-state index contributed by atoms with van der Waals surface area (Å²) in [5.41, 5.74) is 3.59. The van der Waals surface area contributed by atoms with E-state index in [0.29, 0.717) is 5.69 Å². The summed E-state index contributed by atoms with van der Waals surface area (Å²) in [7, 11) is 0. The number of hydrogen-bond donors (Lipinski definition) is 1. The third-order valence-electron chi connectivity index (χ3n) is 3.73. The van der Waals surface area contributed by atoms with Gasteiger partial charge in [0.2, 0.25) is 0 Å². The van der Waals surface area contributed by atoms with Crippen LogP contribution in [0.25, 0.3) is 0 Å². The zero-order valence-corrected chi connectivity index (χ0v) is 13.0. The van der Waals surface area contributed by atoms with Gasteiger partial charge in [0.05, 0.1) is 11.0 Å². The molecule has 0 aliphatic carbocycles. The summed E-state index contributed by atoms with van der Waals surface area (Å²) < 4.78 is 5.52. The van der Waals surface area contributed by atoms with Crippen molar-refractivity contribution >= 4 is 11.4 Å². The molecule has 0 aliphatic rings. The number of nitro benzene ring substituents is 1. The molecule has 1 N–H and O–H groups in total. The molecule has 0 saturated carbocycles. The molecule has 0 spiro atoms. The standard InChI is InChI=1S/C16H20N2O3/c1-9-6-15(16(18(19)20)7-10(9)2)17-12(4)14-8-11(3)21-13(14)5/h6-8,12,17H,1-5H3. The maximum absolute atomic E-state index is 11.2. The second-order valence-electron chi connectivity index (χ2n) is 5.45. The van der Waals surface area contributed by atoms with Gasteiger partial charge in [-0.25, -0.2) is 0 Å². The molecule has 0 radical (unpaired) electrons. The Bertz CT molecular complexity index is 689. The summed E-state index contributed by atoms with van der Waals surface area (Å²) in [6.45, 7) is 9.58. The van der Waals surface area contributed by atoms with Crippen LogP contribution in [0.2, 0.25) is 0 Å². The van der Waals surface area contributed by atoms with E-state index in [2.05, 4.69) is 5.32 Å². The molecule has 1 aromatic heterocycles. The van der Waals surface area contributed by atoms with Gasteiger partial charge in [0.1, 0.15) is 17.2 Å². The van der Waals surface area contributed by atoms with Gasteiger partial charge in [-0.2, -0.15) is 0 Å². The topological polar surface area (TPSA) is 68.3 Å². The van der Waals surface area contributed by atoms with E-state index in [0.717, 1.165) is 28.2 Å². The molecule has 0 bridgehead atoms. The monoisotopic (exact) mass is 288 g/mol. The molecule has 112 valence electrons. The summed E-state index contributed by atoms with van der Waals surface area (Å²) >= 11 is 0. The van der Waals surface area contributed by atoms with Gasteiger partial charge < -0.3 is 9.73 Å². The average Bonchev–Trinajstić information content (AvgIpc) is 2.72. The Morgan fingerprint density at radius 3 is 2.29 bits per heavy atom. The number of aryl methyl sites for hydroxylation is 4. The van der Waals surface area contributed by atoms with E-state index in [1.54, 1.807) is 6.07 Å². The zero-order valence-electron chi connectivity index (χ0n) is 13.0. The lowest BCUT2D eigenvalue weighted by molar-refractivity contribution is -0.384. The highest BCUT2D eigenvalue weighted by atomic mass is 16.6. The van der Waals surface area contributed by atoms with Crippen molar-refractivity contribution in [1.82, 2.24) is 0 Å². The summed E-state index contributed by atoms with van der Waals surface area (Å²) in [5, 5.41) is 14.5. The van der Waals surface area contributed by atoms with E-state index in [1.165, 1.54) is 0 Å². The minimum absolute atomic E-state index is 0.0664. The Hall–Kier alpha value is -2.30. The van der Waals surface area contributed by atoms with Gasteiger partial charge in [0.15, 0.2) is 0 Å². The fraction of sp³-hybridized carbons (Fsp3) is 0.375. The van der Waals surface area contributed by atoms with Gasteiger partial charge in [-0.1, -0.05) is 0 Å². The molecule has 2 rings (SSSR count). The Morgan fingerprint density at radius 2 is 1.76 bits per heavy atom. The Morgan fingerprint density at radius 1 is 1.14 bits per heavy atom. The van der Waals surface area contributed by atoms with Gasteiger partial charge in [0.25, 0.3) is 5.69 Å². The minimum Gasteiger partial charge on any atom is -0.466 e. The number of furan rings is 1. The van der Waals surface area contributed by atoms with Crippen LogP contribution in [0.4, 0.5) is 11.4 Å². The summed E-state index contributed by atoms with van der Waals surface area (Å²) in [5.74, 6) is 1.67. The van der Waals surface area contributed by atoms with Gasteiger partial charge in [-0.3, -0.25) is 10.1 Å². The molecule has 5 heteroatoms. The highest BCUT2D eigenvalue weighted by Crippen LogP contribution is 2.32. The molecule has 0 aliphatic heterocycles. The summed E-state index contributed by atoms with van der Waals surface area (Å²) in [6, 6.07) is 5.33. The maximum Gasteiger partial charge on any atom is 0.292 e. The van der Waals surface area contributed by atoms with Crippen molar-refractivity contribution in [1.29, 1.82) is 0 Å². The lowest BCUT2D eigenvalue weighted by Gasteiger charge is -2.16. The Balaban J connectivity index is 2.36. The first-order valence-corrected chi connectivity index (χ1v) is 6.88. The first-order chi connectivity index (χ1) is 9.79. The van der Waals surface area contributed by atoms with Crippen molar-refractivity contribution in [2.45, 2.75) is 40.7 Å². The quantitative estimate of drug-likeness (QED) is 0.659. The minimum atomic E-state index is -0.352. The maximum atomic E-state index is 11.2. The largest absolute Gasteiger partial charge is 0.466 e. The van der Waals surface area contributed by atoms with Crippen LogP contribution in [0.1, 0.15) is 41.2 Å². The van der Waals surface area contributed by atoms with Crippen LogP contribution in [0.15, 0.2) is 22.6 Å². The van der Waals surface area contributed by atoms with Crippen LogP contribution in [-0.2, 0) is 0 Å². The van der Waals surface area contributed by atoms with Crippen molar-refractivity contribution in [2.75, 3.05) is 5.32 Å². The van der Waals surface area contributed by atoms with Crippen molar-refractivity contribution < 1.29 is 9.34 Å². The van der Waals surface area contributed by atoms with Gasteiger partial charge in [0, 0.05) is 11.6 Å². The predicted octanol–water partition coefficient (Wildman–Crippen LogP) is 4.59. The third kappa shape index (κ3) is 3.07. The van der Waals surface area contributed by atoms with Crippen LogP contribution in [0, 0.1) is 37.8 Å². The fourth-order valence-electron chi connectivity index (χ4n) is 2.46. The molecule has 1 unspecified atom stereocenters.